The normalized spacial score (nSPS) is 14.7. The van der Waals surface area contributed by atoms with E-state index in [0.717, 1.165) is 86.5 Å². The van der Waals surface area contributed by atoms with Crippen molar-refractivity contribution >= 4 is 95.2 Å². The fourth-order valence-electron chi connectivity index (χ4n) is 9.82. The van der Waals surface area contributed by atoms with Crippen LogP contribution < -0.4 is 9.80 Å². The molecule has 2 aliphatic rings. The number of aliphatic imine (C=N–C) groups is 1. The minimum absolute atomic E-state index is 0.448. The first-order valence-corrected chi connectivity index (χ1v) is 21.0. The van der Waals surface area contributed by atoms with Crippen LogP contribution in [-0.2, 0) is 19.4 Å². The van der Waals surface area contributed by atoms with Crippen molar-refractivity contribution < 1.29 is 8.83 Å². The van der Waals surface area contributed by atoms with Crippen molar-refractivity contribution in [2.24, 2.45) is 10.9 Å². The van der Waals surface area contributed by atoms with Crippen LogP contribution in [0.4, 0.5) is 28.4 Å². The zero-order valence-corrected chi connectivity index (χ0v) is 33.3. The fraction of sp³-hybridized carbons (Fsp3) is 0.109. The lowest BCUT2D eigenvalue weighted by Gasteiger charge is -2.29. The van der Waals surface area contributed by atoms with Gasteiger partial charge in [0.15, 0.2) is 11.2 Å². The number of allylic oxidation sites excluding steroid dienone is 1. The number of anilines is 5. The Bertz CT molecular complexity index is 3360. The number of fused-ring (bicyclic) bond motifs is 6. The average Bonchev–Trinajstić information content (AvgIpc) is 3.70. The van der Waals surface area contributed by atoms with E-state index in [1.165, 1.54) is 43.8 Å². The molecular formula is C55H41N3O2. The van der Waals surface area contributed by atoms with Crippen molar-refractivity contribution in [3.8, 4) is 0 Å². The topological polar surface area (TPSA) is 45.1 Å². The van der Waals surface area contributed by atoms with Crippen molar-refractivity contribution in [2.75, 3.05) is 16.3 Å². The second-order valence-electron chi connectivity index (χ2n) is 16.3. The summed E-state index contributed by atoms with van der Waals surface area (Å²) in [5, 5.41) is 8.47. The van der Waals surface area contributed by atoms with Gasteiger partial charge in [-0.3, -0.25) is 4.99 Å². The molecule has 1 aliphatic carbocycles. The van der Waals surface area contributed by atoms with E-state index < -0.39 is 0 Å². The van der Waals surface area contributed by atoms with Crippen LogP contribution in [0.1, 0.15) is 34.9 Å². The first-order valence-electron chi connectivity index (χ1n) is 21.0. The Morgan fingerprint density at radius 1 is 0.583 bits per heavy atom. The van der Waals surface area contributed by atoms with Gasteiger partial charge in [0, 0.05) is 46.2 Å². The van der Waals surface area contributed by atoms with Crippen molar-refractivity contribution in [1.82, 2.24) is 0 Å². The Labute approximate surface area is 348 Å². The molecule has 0 fully saturated rings. The van der Waals surface area contributed by atoms with Gasteiger partial charge in [0.25, 0.3) is 0 Å². The Morgan fingerprint density at radius 3 is 2.18 bits per heavy atom. The van der Waals surface area contributed by atoms with Gasteiger partial charge >= 0.3 is 0 Å². The summed E-state index contributed by atoms with van der Waals surface area (Å²) in [6.45, 7) is 3.74. The van der Waals surface area contributed by atoms with Crippen LogP contribution in [0.25, 0.3) is 60.5 Å². The van der Waals surface area contributed by atoms with Crippen LogP contribution in [0, 0.1) is 5.92 Å². The molecule has 1 unspecified atom stereocenters. The van der Waals surface area contributed by atoms with Crippen LogP contribution in [-0.4, -0.2) is 12.8 Å². The van der Waals surface area contributed by atoms with Crippen LogP contribution in [0.3, 0.4) is 0 Å². The predicted molar refractivity (Wildman–Crippen MR) is 250 cm³/mol. The number of para-hydroxylation sites is 5. The van der Waals surface area contributed by atoms with E-state index >= 15 is 0 Å². The third kappa shape index (κ3) is 5.50. The molecule has 0 radical (unpaired) electrons. The number of hydrogen-bond donors (Lipinski definition) is 0. The summed E-state index contributed by atoms with van der Waals surface area (Å²) in [5.41, 5.74) is 13.1. The van der Waals surface area contributed by atoms with Gasteiger partial charge in [-0.2, -0.15) is 0 Å². The largest absolute Gasteiger partial charge is 0.454 e. The lowest BCUT2D eigenvalue weighted by atomic mass is 9.91. The smallest absolute Gasteiger partial charge is 0.159 e. The summed E-state index contributed by atoms with van der Waals surface area (Å²) in [7, 11) is 0. The highest BCUT2D eigenvalue weighted by Gasteiger charge is 2.27. The molecule has 0 bridgehead atoms. The number of furan rings is 2. The standard InChI is InChI=1S/C55H41N3O2/c1-35-31-46-44-20-12-23-49(55(44)60-51(46)33-56-32-35)58(40-16-6-3-7-17-40)47-30-28-37-27-29-41-38(26-25-36-13-10-21-45(47)53(37)52(36)41)34-57(39-14-4-2-5-15-39)48-22-11-19-43-42-18-8-9-24-50(42)59-54(43)48/h2-20,22-30,33,35H,21,31-32,34H2,1H3. The molecule has 5 heteroatoms. The van der Waals surface area contributed by atoms with Crippen LogP contribution in [0.15, 0.2) is 178 Å². The molecule has 0 N–H and O–H groups in total. The van der Waals surface area contributed by atoms with Crippen molar-refractivity contribution in [3.05, 3.63) is 192 Å². The molecule has 2 aromatic heterocycles. The Hall–Kier alpha value is -7.37. The van der Waals surface area contributed by atoms with E-state index in [1.807, 2.05) is 12.3 Å². The van der Waals surface area contributed by atoms with Gasteiger partial charge in [0.2, 0.25) is 0 Å². The molecule has 12 rings (SSSR count). The zero-order chi connectivity index (χ0) is 39.7. The quantitative estimate of drug-likeness (QED) is 0.151. The van der Waals surface area contributed by atoms with Crippen LogP contribution >= 0.6 is 0 Å². The first-order chi connectivity index (χ1) is 29.7. The first kappa shape index (κ1) is 34.7. The maximum Gasteiger partial charge on any atom is 0.159 e. The molecular weight excluding hydrogens is 735 g/mol. The van der Waals surface area contributed by atoms with E-state index in [-0.39, 0.29) is 0 Å². The zero-order valence-electron chi connectivity index (χ0n) is 33.3. The minimum Gasteiger partial charge on any atom is -0.454 e. The molecule has 1 aliphatic heterocycles. The maximum absolute atomic E-state index is 6.79. The predicted octanol–water partition coefficient (Wildman–Crippen LogP) is 14.6. The highest BCUT2D eigenvalue weighted by atomic mass is 16.3. The molecule has 10 aromatic rings. The molecule has 0 amide bonds. The molecule has 3 heterocycles. The minimum atomic E-state index is 0.448. The number of rotatable bonds is 7. The maximum atomic E-state index is 6.79. The highest BCUT2D eigenvalue weighted by molar-refractivity contribution is 6.16. The Morgan fingerprint density at radius 2 is 1.32 bits per heavy atom. The van der Waals surface area contributed by atoms with Gasteiger partial charge < -0.3 is 18.6 Å². The summed E-state index contributed by atoms with van der Waals surface area (Å²) < 4.78 is 13.4. The molecule has 288 valence electrons. The summed E-state index contributed by atoms with van der Waals surface area (Å²) in [4.78, 5) is 9.54. The van der Waals surface area contributed by atoms with Crippen LogP contribution in [0.2, 0.25) is 0 Å². The van der Waals surface area contributed by atoms with Crippen molar-refractivity contribution in [1.29, 1.82) is 0 Å². The highest BCUT2D eigenvalue weighted by Crippen LogP contribution is 2.47. The number of benzene rings is 8. The van der Waals surface area contributed by atoms with Gasteiger partial charge in [-0.25, -0.2) is 0 Å². The van der Waals surface area contributed by atoms with Crippen LogP contribution in [0.5, 0.6) is 0 Å². The van der Waals surface area contributed by atoms with Gasteiger partial charge in [0.1, 0.15) is 11.3 Å². The lowest BCUT2D eigenvalue weighted by molar-refractivity contribution is 0.583. The number of nitrogens with zero attached hydrogens (tertiary/aromatic N) is 3. The molecule has 5 nitrogen and oxygen atoms in total. The van der Waals surface area contributed by atoms with Crippen molar-refractivity contribution in [3.63, 3.8) is 0 Å². The molecule has 8 aromatic carbocycles. The summed E-state index contributed by atoms with van der Waals surface area (Å²) in [6.07, 6.45) is 8.32. The third-order valence-electron chi connectivity index (χ3n) is 12.6. The van der Waals surface area contributed by atoms with Gasteiger partial charge in [-0.1, -0.05) is 128 Å². The lowest BCUT2D eigenvalue weighted by Crippen LogP contribution is -2.17. The monoisotopic (exact) mass is 775 g/mol. The molecule has 0 spiro atoms. The van der Waals surface area contributed by atoms with Crippen molar-refractivity contribution in [2.45, 2.75) is 26.3 Å². The van der Waals surface area contributed by atoms with E-state index in [9.17, 15) is 0 Å². The fourth-order valence-corrected chi connectivity index (χ4v) is 9.82. The summed E-state index contributed by atoms with van der Waals surface area (Å²) in [6, 6.07) is 56.7. The van der Waals surface area contributed by atoms with Gasteiger partial charge in [-0.15, -0.1) is 0 Å². The SMILES string of the molecule is CC1CN=Cc2oc3c(N(c4ccccc4)c4ccc5ccc6c(CN(c7ccccc7)c7cccc8c7oc7ccccc78)ccc7c6c5c4CC=C7)cccc3c2C1. The second kappa shape index (κ2) is 13.9. The van der Waals surface area contributed by atoms with E-state index in [2.05, 4.69) is 181 Å². The third-order valence-corrected chi connectivity index (χ3v) is 12.6. The molecule has 0 saturated carbocycles. The van der Waals surface area contributed by atoms with Gasteiger partial charge in [-0.05, 0) is 106 Å². The summed E-state index contributed by atoms with van der Waals surface area (Å²) >= 11 is 0. The number of hydrogen-bond acceptors (Lipinski definition) is 5. The molecule has 60 heavy (non-hydrogen) atoms. The van der Waals surface area contributed by atoms with E-state index in [4.69, 9.17) is 13.8 Å². The second-order valence-corrected chi connectivity index (χ2v) is 16.3. The Balaban J connectivity index is 1.06. The van der Waals surface area contributed by atoms with Gasteiger partial charge in [0.05, 0.1) is 23.3 Å². The molecule has 1 atom stereocenters. The average molecular weight is 776 g/mol. The van der Waals surface area contributed by atoms with E-state index in [0.29, 0.717) is 12.5 Å². The molecule has 0 saturated heterocycles. The van der Waals surface area contributed by atoms with E-state index in [1.54, 1.807) is 0 Å². The summed E-state index contributed by atoms with van der Waals surface area (Å²) in [5.74, 6) is 1.32. The Kier molecular flexibility index (Phi) is 8.02.